The van der Waals surface area contributed by atoms with E-state index in [1.165, 1.54) is 0 Å². The SMILES string of the molecule is O=C(OCc1ccc(Cl)cc1Cl)OC(Cn1ccnc1)c1ccc(Cl)cc1Cl. The highest BCUT2D eigenvalue weighted by Crippen LogP contribution is 2.30. The lowest BCUT2D eigenvalue weighted by atomic mass is 10.1. The minimum Gasteiger partial charge on any atom is -0.429 e. The van der Waals surface area contributed by atoms with Crippen molar-refractivity contribution < 1.29 is 14.3 Å². The van der Waals surface area contributed by atoms with Gasteiger partial charge in [-0.1, -0.05) is 58.5 Å². The first-order valence-electron chi connectivity index (χ1n) is 8.10. The standard InChI is InChI=1S/C19H14Cl4N2O3/c20-13-2-1-12(16(22)7-13)10-27-19(26)28-18(9-25-6-5-24-11-25)15-4-3-14(21)8-17(15)23/h1-8,11,18H,9-10H2. The lowest BCUT2D eigenvalue weighted by Gasteiger charge is -2.20. The van der Waals surface area contributed by atoms with Crippen molar-refractivity contribution in [3.63, 3.8) is 0 Å². The monoisotopic (exact) mass is 458 g/mol. The lowest BCUT2D eigenvalue weighted by Crippen LogP contribution is -2.17. The maximum absolute atomic E-state index is 12.3. The summed E-state index contributed by atoms with van der Waals surface area (Å²) in [6, 6.07) is 9.87. The molecule has 1 atom stereocenters. The fourth-order valence-corrected chi connectivity index (χ4v) is 3.47. The van der Waals surface area contributed by atoms with Crippen LogP contribution in [-0.4, -0.2) is 15.7 Å². The topological polar surface area (TPSA) is 53.4 Å². The first-order chi connectivity index (χ1) is 13.4. The smallest absolute Gasteiger partial charge is 0.429 e. The van der Waals surface area contributed by atoms with E-state index in [1.807, 2.05) is 0 Å². The van der Waals surface area contributed by atoms with Crippen LogP contribution in [0.15, 0.2) is 55.1 Å². The molecule has 0 saturated carbocycles. The van der Waals surface area contributed by atoms with Gasteiger partial charge in [0.05, 0.1) is 12.9 Å². The minimum absolute atomic E-state index is 0.0546. The molecular formula is C19H14Cl4N2O3. The van der Waals surface area contributed by atoms with Gasteiger partial charge in [0.1, 0.15) is 12.7 Å². The predicted octanol–water partition coefficient (Wildman–Crippen LogP) is 6.59. The van der Waals surface area contributed by atoms with E-state index in [9.17, 15) is 4.79 Å². The number of ether oxygens (including phenoxy) is 2. The maximum Gasteiger partial charge on any atom is 0.509 e. The molecule has 9 heteroatoms. The van der Waals surface area contributed by atoms with E-state index < -0.39 is 12.3 Å². The fraction of sp³-hybridized carbons (Fsp3) is 0.158. The van der Waals surface area contributed by atoms with E-state index >= 15 is 0 Å². The Hall–Kier alpha value is -1.92. The van der Waals surface area contributed by atoms with Crippen LogP contribution in [0.3, 0.4) is 0 Å². The minimum atomic E-state index is -0.859. The zero-order valence-corrected chi connectivity index (χ0v) is 17.3. The van der Waals surface area contributed by atoms with Gasteiger partial charge in [0.15, 0.2) is 0 Å². The van der Waals surface area contributed by atoms with Gasteiger partial charge in [-0.25, -0.2) is 9.78 Å². The number of nitrogens with zero attached hydrogens (tertiary/aromatic N) is 2. The summed E-state index contributed by atoms with van der Waals surface area (Å²) in [7, 11) is 0. The Morgan fingerprint density at radius 1 is 1.04 bits per heavy atom. The van der Waals surface area contributed by atoms with Crippen molar-refractivity contribution in [1.29, 1.82) is 0 Å². The van der Waals surface area contributed by atoms with Crippen LogP contribution in [0, 0.1) is 0 Å². The summed E-state index contributed by atoms with van der Waals surface area (Å²) < 4.78 is 12.5. The van der Waals surface area contributed by atoms with E-state index in [4.69, 9.17) is 55.9 Å². The van der Waals surface area contributed by atoms with Crippen LogP contribution in [0.1, 0.15) is 17.2 Å². The maximum atomic E-state index is 12.3. The highest BCUT2D eigenvalue weighted by Gasteiger charge is 2.21. The molecule has 2 aromatic carbocycles. The van der Waals surface area contributed by atoms with Crippen LogP contribution in [0.2, 0.25) is 20.1 Å². The van der Waals surface area contributed by atoms with E-state index in [0.29, 0.717) is 37.8 Å². The van der Waals surface area contributed by atoms with Gasteiger partial charge in [-0.3, -0.25) is 0 Å². The highest BCUT2D eigenvalue weighted by atomic mass is 35.5. The van der Waals surface area contributed by atoms with Gasteiger partial charge >= 0.3 is 6.16 Å². The number of hydrogen-bond donors (Lipinski definition) is 0. The molecule has 0 spiro atoms. The molecule has 0 aliphatic carbocycles. The molecule has 0 N–H and O–H groups in total. The summed E-state index contributed by atoms with van der Waals surface area (Å²) in [5.41, 5.74) is 1.21. The van der Waals surface area contributed by atoms with Crippen LogP contribution in [0.4, 0.5) is 4.79 Å². The molecule has 0 amide bonds. The van der Waals surface area contributed by atoms with Gasteiger partial charge in [0.25, 0.3) is 0 Å². The molecule has 1 unspecified atom stereocenters. The van der Waals surface area contributed by atoms with Gasteiger partial charge in [0.2, 0.25) is 0 Å². The molecule has 0 aliphatic rings. The van der Waals surface area contributed by atoms with Gasteiger partial charge in [0, 0.05) is 43.6 Å². The molecule has 0 aliphatic heterocycles. The number of imidazole rings is 1. The average Bonchev–Trinajstić information content (AvgIpc) is 3.13. The van der Waals surface area contributed by atoms with Gasteiger partial charge < -0.3 is 14.0 Å². The quantitative estimate of drug-likeness (QED) is 0.390. The molecule has 28 heavy (non-hydrogen) atoms. The van der Waals surface area contributed by atoms with Crippen LogP contribution >= 0.6 is 46.4 Å². The first kappa shape index (κ1) is 20.8. The number of rotatable bonds is 6. The molecule has 0 radical (unpaired) electrons. The molecule has 1 aromatic heterocycles. The van der Waals surface area contributed by atoms with Gasteiger partial charge in [-0.05, 0) is 24.3 Å². The second-order valence-corrected chi connectivity index (χ2v) is 7.49. The van der Waals surface area contributed by atoms with Crippen molar-refractivity contribution >= 4 is 52.6 Å². The Kier molecular flexibility index (Phi) is 7.08. The predicted molar refractivity (Wildman–Crippen MR) is 109 cm³/mol. The van der Waals surface area contributed by atoms with Gasteiger partial charge in [-0.2, -0.15) is 0 Å². The summed E-state index contributed by atoms with van der Waals surface area (Å²) >= 11 is 24.2. The number of carbonyl (C=O) groups is 1. The van der Waals surface area contributed by atoms with E-state index in [-0.39, 0.29) is 6.61 Å². The summed E-state index contributed by atoms with van der Waals surface area (Å²) in [6.07, 6.45) is 3.42. The molecule has 3 aromatic rings. The van der Waals surface area contributed by atoms with E-state index in [2.05, 4.69) is 4.98 Å². The van der Waals surface area contributed by atoms with Gasteiger partial charge in [-0.15, -0.1) is 0 Å². The Morgan fingerprint density at radius 2 is 1.75 bits per heavy atom. The molecule has 0 bridgehead atoms. The summed E-state index contributed by atoms with van der Waals surface area (Å²) in [6.45, 7) is 0.249. The number of benzene rings is 2. The highest BCUT2D eigenvalue weighted by molar-refractivity contribution is 6.35. The normalized spacial score (nSPS) is 11.9. The molecule has 0 saturated heterocycles. The number of aromatic nitrogens is 2. The van der Waals surface area contributed by atoms with Crippen molar-refractivity contribution in [3.05, 3.63) is 86.3 Å². The second-order valence-electron chi connectivity index (χ2n) is 5.81. The Bertz CT molecular complexity index is 964. The molecule has 0 fully saturated rings. The Balaban J connectivity index is 1.72. The first-order valence-corrected chi connectivity index (χ1v) is 9.61. The average molecular weight is 460 g/mol. The lowest BCUT2D eigenvalue weighted by molar-refractivity contribution is 0.0127. The van der Waals surface area contributed by atoms with Crippen molar-refractivity contribution in [2.75, 3.05) is 0 Å². The summed E-state index contributed by atoms with van der Waals surface area (Å²) in [5, 5.41) is 1.76. The third-order valence-electron chi connectivity index (χ3n) is 3.84. The largest absolute Gasteiger partial charge is 0.509 e. The molecule has 3 rings (SSSR count). The molecule has 1 heterocycles. The number of carbonyl (C=O) groups excluding carboxylic acids is 1. The zero-order chi connectivity index (χ0) is 20.1. The van der Waals surface area contributed by atoms with Crippen molar-refractivity contribution in [1.82, 2.24) is 9.55 Å². The van der Waals surface area contributed by atoms with E-state index in [0.717, 1.165) is 0 Å². The third-order valence-corrected chi connectivity index (χ3v) is 4.99. The molecular weight excluding hydrogens is 446 g/mol. The van der Waals surface area contributed by atoms with Crippen molar-refractivity contribution in [2.45, 2.75) is 19.3 Å². The number of halogens is 4. The van der Waals surface area contributed by atoms with Crippen LogP contribution in [-0.2, 0) is 22.6 Å². The third kappa shape index (κ3) is 5.55. The Morgan fingerprint density at radius 3 is 2.39 bits per heavy atom. The summed E-state index contributed by atoms with van der Waals surface area (Å²) in [5.74, 6) is 0. The second kappa shape index (κ2) is 9.52. The van der Waals surface area contributed by atoms with Crippen molar-refractivity contribution in [2.24, 2.45) is 0 Å². The van der Waals surface area contributed by atoms with Crippen LogP contribution < -0.4 is 0 Å². The molecule has 5 nitrogen and oxygen atoms in total. The Labute approximate surface area is 181 Å². The summed E-state index contributed by atoms with van der Waals surface area (Å²) in [4.78, 5) is 16.3. The number of hydrogen-bond acceptors (Lipinski definition) is 4. The van der Waals surface area contributed by atoms with Crippen LogP contribution in [0.25, 0.3) is 0 Å². The van der Waals surface area contributed by atoms with Crippen LogP contribution in [0.5, 0.6) is 0 Å². The molecule has 146 valence electrons. The van der Waals surface area contributed by atoms with E-state index in [1.54, 1.807) is 59.7 Å². The zero-order valence-electron chi connectivity index (χ0n) is 14.3. The fourth-order valence-electron chi connectivity index (χ4n) is 2.47. The van der Waals surface area contributed by atoms with Crippen molar-refractivity contribution in [3.8, 4) is 0 Å².